The molecule has 7 heteroatoms. The molecule has 0 bridgehead atoms. The molecule has 2 aromatic heterocycles. The number of hydrogen-bond acceptors (Lipinski definition) is 5. The SMILES string of the molecule is CC(C)Oc1cnn(-c2nnccc2C(N)=S)c1. The second-order valence-corrected chi connectivity index (χ2v) is 4.36. The van der Waals surface area contributed by atoms with E-state index in [1.807, 2.05) is 13.8 Å². The Hall–Kier alpha value is -2.02. The highest BCUT2D eigenvalue weighted by molar-refractivity contribution is 7.80. The third-order valence-electron chi connectivity index (χ3n) is 2.11. The normalized spacial score (nSPS) is 10.6. The summed E-state index contributed by atoms with van der Waals surface area (Å²) >= 11 is 4.96. The lowest BCUT2D eigenvalue weighted by Crippen LogP contribution is -2.15. The summed E-state index contributed by atoms with van der Waals surface area (Å²) in [6, 6.07) is 1.70. The molecule has 2 rings (SSSR count). The molecule has 0 saturated heterocycles. The van der Waals surface area contributed by atoms with E-state index in [1.54, 1.807) is 23.1 Å². The van der Waals surface area contributed by atoms with Gasteiger partial charge in [-0.1, -0.05) is 12.2 Å². The van der Waals surface area contributed by atoms with Gasteiger partial charge in [-0.15, -0.1) is 5.10 Å². The zero-order chi connectivity index (χ0) is 13.1. The molecule has 18 heavy (non-hydrogen) atoms. The van der Waals surface area contributed by atoms with Crippen molar-refractivity contribution in [2.45, 2.75) is 20.0 Å². The summed E-state index contributed by atoms with van der Waals surface area (Å²) in [6.07, 6.45) is 4.94. The zero-order valence-electron chi connectivity index (χ0n) is 10.1. The van der Waals surface area contributed by atoms with Gasteiger partial charge in [0.1, 0.15) is 4.99 Å². The maximum absolute atomic E-state index is 5.63. The van der Waals surface area contributed by atoms with Gasteiger partial charge < -0.3 is 10.5 Å². The summed E-state index contributed by atoms with van der Waals surface area (Å²) < 4.78 is 7.06. The van der Waals surface area contributed by atoms with Crippen LogP contribution in [0.1, 0.15) is 19.4 Å². The van der Waals surface area contributed by atoms with E-state index in [9.17, 15) is 0 Å². The van der Waals surface area contributed by atoms with E-state index >= 15 is 0 Å². The van der Waals surface area contributed by atoms with E-state index in [1.165, 1.54) is 6.20 Å². The van der Waals surface area contributed by atoms with Crippen molar-refractivity contribution < 1.29 is 4.74 Å². The average Bonchev–Trinajstić information content (AvgIpc) is 2.76. The van der Waals surface area contributed by atoms with Crippen LogP contribution in [0, 0.1) is 0 Å². The summed E-state index contributed by atoms with van der Waals surface area (Å²) in [5.74, 6) is 1.15. The van der Waals surface area contributed by atoms with Crippen molar-refractivity contribution >= 4 is 17.2 Å². The molecule has 2 N–H and O–H groups in total. The first-order valence-electron chi connectivity index (χ1n) is 5.41. The van der Waals surface area contributed by atoms with Crippen LogP contribution in [-0.4, -0.2) is 31.1 Å². The molecular weight excluding hydrogens is 250 g/mol. The van der Waals surface area contributed by atoms with Crippen LogP contribution in [0.25, 0.3) is 5.82 Å². The summed E-state index contributed by atoms with van der Waals surface area (Å²) in [4.78, 5) is 0.252. The van der Waals surface area contributed by atoms with Gasteiger partial charge in [0.05, 0.1) is 30.3 Å². The largest absolute Gasteiger partial charge is 0.488 e. The Balaban J connectivity index is 2.37. The van der Waals surface area contributed by atoms with Crippen LogP contribution in [0.3, 0.4) is 0 Å². The Morgan fingerprint density at radius 2 is 2.28 bits per heavy atom. The Kier molecular flexibility index (Phi) is 3.52. The first kappa shape index (κ1) is 12.4. The number of hydrogen-bond donors (Lipinski definition) is 1. The van der Waals surface area contributed by atoms with Crippen molar-refractivity contribution in [2.24, 2.45) is 5.73 Å². The second-order valence-electron chi connectivity index (χ2n) is 3.92. The molecule has 2 aromatic rings. The number of nitrogens with zero attached hydrogens (tertiary/aromatic N) is 4. The molecule has 0 aromatic carbocycles. The van der Waals surface area contributed by atoms with Crippen LogP contribution in [0.2, 0.25) is 0 Å². The predicted molar refractivity (Wildman–Crippen MR) is 70.8 cm³/mol. The van der Waals surface area contributed by atoms with E-state index in [0.717, 1.165) is 0 Å². The van der Waals surface area contributed by atoms with E-state index in [-0.39, 0.29) is 11.1 Å². The minimum atomic E-state index is 0.0829. The molecule has 0 atom stereocenters. The van der Waals surface area contributed by atoms with Gasteiger partial charge in [-0.3, -0.25) is 0 Å². The molecule has 0 fully saturated rings. The lowest BCUT2D eigenvalue weighted by Gasteiger charge is -2.06. The molecule has 94 valence electrons. The molecule has 0 saturated carbocycles. The molecule has 0 radical (unpaired) electrons. The molecule has 0 aliphatic heterocycles. The number of nitrogens with two attached hydrogens (primary N) is 1. The third kappa shape index (κ3) is 2.62. The van der Waals surface area contributed by atoms with Crippen molar-refractivity contribution in [1.29, 1.82) is 0 Å². The van der Waals surface area contributed by atoms with Crippen LogP contribution in [0.15, 0.2) is 24.7 Å². The Morgan fingerprint density at radius 3 is 2.94 bits per heavy atom. The predicted octanol–water partition coefficient (Wildman–Crippen LogP) is 1.08. The lowest BCUT2D eigenvalue weighted by molar-refractivity contribution is 0.242. The highest BCUT2D eigenvalue weighted by Crippen LogP contribution is 2.15. The maximum atomic E-state index is 5.63. The summed E-state index contributed by atoms with van der Waals surface area (Å²) in [5.41, 5.74) is 6.26. The molecule has 6 nitrogen and oxygen atoms in total. The molecule has 0 aliphatic rings. The highest BCUT2D eigenvalue weighted by atomic mass is 32.1. The first-order chi connectivity index (χ1) is 8.58. The number of thiocarbonyl (C=S) groups is 1. The summed E-state index contributed by atoms with van der Waals surface area (Å²) in [5, 5.41) is 12.0. The van der Waals surface area contributed by atoms with Crippen LogP contribution in [0.4, 0.5) is 0 Å². The maximum Gasteiger partial charge on any atom is 0.186 e. The van der Waals surface area contributed by atoms with Crippen LogP contribution < -0.4 is 10.5 Å². The van der Waals surface area contributed by atoms with Gasteiger partial charge in [0.15, 0.2) is 11.6 Å². The van der Waals surface area contributed by atoms with Gasteiger partial charge in [-0.2, -0.15) is 10.2 Å². The molecule has 0 aliphatic carbocycles. The third-order valence-corrected chi connectivity index (χ3v) is 2.33. The van der Waals surface area contributed by atoms with Crippen molar-refractivity contribution in [2.75, 3.05) is 0 Å². The van der Waals surface area contributed by atoms with Crippen molar-refractivity contribution in [1.82, 2.24) is 20.0 Å². The summed E-state index contributed by atoms with van der Waals surface area (Å²) in [6.45, 7) is 3.89. The van der Waals surface area contributed by atoms with Gasteiger partial charge in [0.25, 0.3) is 0 Å². The van der Waals surface area contributed by atoms with Gasteiger partial charge >= 0.3 is 0 Å². The fourth-order valence-corrected chi connectivity index (χ4v) is 1.60. The Labute approximate surface area is 110 Å². The van der Waals surface area contributed by atoms with Crippen LogP contribution >= 0.6 is 12.2 Å². The highest BCUT2D eigenvalue weighted by Gasteiger charge is 2.11. The molecule has 0 unspecified atom stereocenters. The summed E-state index contributed by atoms with van der Waals surface area (Å²) in [7, 11) is 0. The fourth-order valence-electron chi connectivity index (χ4n) is 1.44. The first-order valence-corrected chi connectivity index (χ1v) is 5.82. The van der Waals surface area contributed by atoms with Crippen molar-refractivity contribution in [3.05, 3.63) is 30.2 Å². The van der Waals surface area contributed by atoms with E-state index in [0.29, 0.717) is 17.1 Å². The second kappa shape index (κ2) is 5.09. The number of rotatable bonds is 4. The monoisotopic (exact) mass is 263 g/mol. The van der Waals surface area contributed by atoms with E-state index in [2.05, 4.69) is 15.3 Å². The number of ether oxygens (including phenoxy) is 1. The Bertz CT molecular complexity index is 566. The van der Waals surface area contributed by atoms with Crippen LogP contribution in [0.5, 0.6) is 5.75 Å². The quantitative estimate of drug-likeness (QED) is 0.832. The molecule has 0 spiro atoms. The van der Waals surface area contributed by atoms with Gasteiger partial charge in [-0.25, -0.2) is 4.68 Å². The minimum absolute atomic E-state index is 0.0829. The van der Waals surface area contributed by atoms with Gasteiger partial charge in [0.2, 0.25) is 0 Å². The average molecular weight is 263 g/mol. The smallest absolute Gasteiger partial charge is 0.186 e. The van der Waals surface area contributed by atoms with E-state index < -0.39 is 0 Å². The number of aromatic nitrogens is 4. The standard InChI is InChI=1S/C11H13N5OS/c1-7(2)17-8-5-14-16(6-8)11-9(10(12)18)3-4-13-15-11/h3-7H,1-2H3,(H2,12,18). The lowest BCUT2D eigenvalue weighted by atomic mass is 10.3. The van der Waals surface area contributed by atoms with Crippen molar-refractivity contribution in [3.8, 4) is 11.6 Å². The Morgan fingerprint density at radius 1 is 1.50 bits per heavy atom. The van der Waals surface area contributed by atoms with Gasteiger partial charge in [-0.05, 0) is 19.9 Å². The van der Waals surface area contributed by atoms with Crippen molar-refractivity contribution in [3.63, 3.8) is 0 Å². The fraction of sp³-hybridized carbons (Fsp3) is 0.273. The molecular formula is C11H13N5OS. The van der Waals surface area contributed by atoms with Gasteiger partial charge in [0, 0.05) is 0 Å². The molecule has 2 heterocycles. The zero-order valence-corrected chi connectivity index (χ0v) is 10.9. The molecule has 0 amide bonds. The minimum Gasteiger partial charge on any atom is -0.488 e. The van der Waals surface area contributed by atoms with Crippen LogP contribution in [-0.2, 0) is 0 Å². The topological polar surface area (TPSA) is 78.8 Å². The van der Waals surface area contributed by atoms with E-state index in [4.69, 9.17) is 22.7 Å².